The van der Waals surface area contributed by atoms with E-state index in [0.717, 1.165) is 51.6 Å². The van der Waals surface area contributed by atoms with E-state index in [0.29, 0.717) is 17.6 Å². The van der Waals surface area contributed by atoms with Crippen LogP contribution in [0.3, 0.4) is 0 Å². The van der Waals surface area contributed by atoms with Gasteiger partial charge in [0, 0.05) is 44.5 Å². The van der Waals surface area contributed by atoms with Gasteiger partial charge >= 0.3 is 0 Å². The molecular formula is C20H27N3O3. The van der Waals surface area contributed by atoms with Crippen LogP contribution in [0.4, 0.5) is 0 Å². The van der Waals surface area contributed by atoms with Crippen molar-refractivity contribution in [3.8, 4) is 0 Å². The Hall–Kier alpha value is -1.95. The maximum atomic E-state index is 12.5. The standard InChI is InChI=1S/C20H27N3O3/c1-14(24)23-16-4-5-17(23)12-19(11-16)26-18-6-9-22(10-7-18)20(25)15-3-2-8-21-13-15/h2-3,8,13,16-19H,4-7,9-12H2,1H3/t16-,17+,19?. The molecular weight excluding hydrogens is 330 g/mol. The van der Waals surface area contributed by atoms with Crippen LogP contribution in [0.1, 0.15) is 55.8 Å². The van der Waals surface area contributed by atoms with E-state index in [2.05, 4.69) is 9.88 Å². The number of piperidine rings is 2. The molecule has 0 radical (unpaired) electrons. The van der Waals surface area contributed by atoms with Crippen molar-refractivity contribution in [2.45, 2.75) is 69.7 Å². The molecule has 3 aliphatic heterocycles. The van der Waals surface area contributed by atoms with Gasteiger partial charge in [-0.15, -0.1) is 0 Å². The summed E-state index contributed by atoms with van der Waals surface area (Å²) in [5.41, 5.74) is 0.653. The van der Waals surface area contributed by atoms with Crippen LogP contribution in [0.15, 0.2) is 24.5 Å². The van der Waals surface area contributed by atoms with E-state index in [1.54, 1.807) is 25.4 Å². The fourth-order valence-electron chi connectivity index (χ4n) is 4.89. The average Bonchev–Trinajstić information content (AvgIpc) is 2.94. The van der Waals surface area contributed by atoms with Gasteiger partial charge in [0.05, 0.1) is 17.8 Å². The van der Waals surface area contributed by atoms with Crippen molar-refractivity contribution in [1.29, 1.82) is 0 Å². The van der Waals surface area contributed by atoms with E-state index in [-0.39, 0.29) is 24.0 Å². The summed E-state index contributed by atoms with van der Waals surface area (Å²) >= 11 is 0. The van der Waals surface area contributed by atoms with Crippen LogP contribution in [0.5, 0.6) is 0 Å². The fourth-order valence-corrected chi connectivity index (χ4v) is 4.89. The number of aromatic nitrogens is 1. The largest absolute Gasteiger partial charge is 0.375 e. The van der Waals surface area contributed by atoms with E-state index in [1.165, 1.54) is 0 Å². The molecule has 3 aliphatic rings. The lowest BCUT2D eigenvalue weighted by Crippen LogP contribution is -2.49. The molecule has 26 heavy (non-hydrogen) atoms. The monoisotopic (exact) mass is 357 g/mol. The zero-order valence-electron chi connectivity index (χ0n) is 15.3. The number of carbonyl (C=O) groups is 2. The summed E-state index contributed by atoms with van der Waals surface area (Å²) in [5, 5.41) is 0. The van der Waals surface area contributed by atoms with Gasteiger partial charge < -0.3 is 14.5 Å². The Morgan fingerprint density at radius 1 is 1.08 bits per heavy atom. The smallest absolute Gasteiger partial charge is 0.255 e. The van der Waals surface area contributed by atoms with Crippen molar-refractivity contribution in [3.63, 3.8) is 0 Å². The summed E-state index contributed by atoms with van der Waals surface area (Å²) in [7, 11) is 0. The molecule has 0 aromatic carbocycles. The van der Waals surface area contributed by atoms with Gasteiger partial charge in [-0.1, -0.05) is 0 Å². The second-order valence-corrected chi connectivity index (χ2v) is 7.77. The third-order valence-corrected chi connectivity index (χ3v) is 6.08. The number of rotatable bonds is 3. The van der Waals surface area contributed by atoms with Crippen LogP contribution in [-0.4, -0.2) is 64.0 Å². The first-order valence-corrected chi connectivity index (χ1v) is 9.75. The van der Waals surface area contributed by atoms with Crippen LogP contribution in [0.2, 0.25) is 0 Å². The highest BCUT2D eigenvalue weighted by molar-refractivity contribution is 5.93. The summed E-state index contributed by atoms with van der Waals surface area (Å²) in [6, 6.07) is 4.34. The lowest BCUT2D eigenvalue weighted by Gasteiger charge is -2.41. The molecule has 3 atom stereocenters. The number of nitrogens with zero attached hydrogens (tertiary/aromatic N) is 3. The minimum Gasteiger partial charge on any atom is -0.375 e. The normalized spacial score (nSPS) is 29.0. The molecule has 6 nitrogen and oxygen atoms in total. The van der Waals surface area contributed by atoms with Gasteiger partial charge in [-0.2, -0.15) is 0 Å². The lowest BCUT2D eigenvalue weighted by atomic mass is 9.98. The van der Waals surface area contributed by atoms with Crippen molar-refractivity contribution in [2.24, 2.45) is 0 Å². The number of pyridine rings is 1. The van der Waals surface area contributed by atoms with Crippen molar-refractivity contribution >= 4 is 11.8 Å². The summed E-state index contributed by atoms with van der Waals surface area (Å²) in [5.74, 6) is 0.266. The van der Waals surface area contributed by atoms with Crippen LogP contribution in [0.25, 0.3) is 0 Å². The average molecular weight is 357 g/mol. The molecule has 3 saturated heterocycles. The maximum absolute atomic E-state index is 12.5. The molecule has 4 rings (SSSR count). The Balaban J connectivity index is 1.27. The predicted octanol–water partition coefficient (Wildman–Crippen LogP) is 2.24. The van der Waals surface area contributed by atoms with Gasteiger partial charge in [-0.3, -0.25) is 14.6 Å². The molecule has 6 heteroatoms. The van der Waals surface area contributed by atoms with Crippen molar-refractivity contribution in [1.82, 2.24) is 14.8 Å². The highest BCUT2D eigenvalue weighted by Gasteiger charge is 2.43. The molecule has 1 aromatic rings. The molecule has 3 fully saturated rings. The van der Waals surface area contributed by atoms with Gasteiger partial charge in [0.1, 0.15) is 0 Å². The number of amides is 2. The quantitative estimate of drug-likeness (QED) is 0.832. The third-order valence-electron chi connectivity index (χ3n) is 6.08. The molecule has 2 bridgehead atoms. The zero-order chi connectivity index (χ0) is 18.1. The van der Waals surface area contributed by atoms with E-state index >= 15 is 0 Å². The Kier molecular flexibility index (Phi) is 4.94. The lowest BCUT2D eigenvalue weighted by molar-refractivity contribution is -0.138. The zero-order valence-corrected chi connectivity index (χ0v) is 15.3. The van der Waals surface area contributed by atoms with E-state index in [4.69, 9.17) is 4.74 Å². The van der Waals surface area contributed by atoms with Crippen LogP contribution < -0.4 is 0 Å². The minimum absolute atomic E-state index is 0.0596. The maximum Gasteiger partial charge on any atom is 0.255 e. The summed E-state index contributed by atoms with van der Waals surface area (Å²) in [6.45, 7) is 3.15. The number of carbonyl (C=O) groups excluding carboxylic acids is 2. The van der Waals surface area contributed by atoms with E-state index in [9.17, 15) is 9.59 Å². The topological polar surface area (TPSA) is 62.7 Å². The van der Waals surface area contributed by atoms with Crippen molar-refractivity contribution < 1.29 is 14.3 Å². The first-order chi connectivity index (χ1) is 12.6. The number of fused-ring (bicyclic) bond motifs is 2. The Labute approximate surface area is 154 Å². The van der Waals surface area contributed by atoms with Crippen LogP contribution in [-0.2, 0) is 9.53 Å². The molecule has 140 valence electrons. The molecule has 0 spiro atoms. The molecule has 0 N–H and O–H groups in total. The Morgan fingerprint density at radius 2 is 1.77 bits per heavy atom. The van der Waals surface area contributed by atoms with Gasteiger partial charge in [0.15, 0.2) is 0 Å². The summed E-state index contributed by atoms with van der Waals surface area (Å²) in [6.07, 6.45) is 9.71. The molecule has 1 aromatic heterocycles. The van der Waals surface area contributed by atoms with E-state index < -0.39 is 0 Å². The number of ether oxygens (including phenoxy) is 1. The summed E-state index contributed by atoms with van der Waals surface area (Å²) in [4.78, 5) is 32.3. The summed E-state index contributed by atoms with van der Waals surface area (Å²) < 4.78 is 6.39. The predicted molar refractivity (Wildman–Crippen MR) is 96.6 cm³/mol. The van der Waals surface area contributed by atoms with Gasteiger partial charge in [0.2, 0.25) is 5.91 Å². The third kappa shape index (κ3) is 3.47. The molecule has 0 aliphatic carbocycles. The van der Waals surface area contributed by atoms with E-state index in [1.807, 2.05) is 11.0 Å². The molecule has 4 heterocycles. The second kappa shape index (κ2) is 7.35. The molecule has 2 amide bonds. The van der Waals surface area contributed by atoms with Gasteiger partial charge in [-0.25, -0.2) is 0 Å². The molecule has 0 saturated carbocycles. The first-order valence-electron chi connectivity index (χ1n) is 9.75. The Morgan fingerprint density at radius 3 is 2.35 bits per heavy atom. The molecule has 1 unspecified atom stereocenters. The number of hydrogen-bond acceptors (Lipinski definition) is 4. The van der Waals surface area contributed by atoms with Gasteiger partial charge in [0.25, 0.3) is 5.91 Å². The SMILES string of the molecule is CC(=O)N1[C@@H]2CC[C@H]1CC(OC1CCN(C(=O)c3cccnc3)CC1)C2. The first kappa shape index (κ1) is 17.5. The fraction of sp³-hybridized carbons (Fsp3) is 0.650. The van der Waals surface area contributed by atoms with Gasteiger partial charge in [-0.05, 0) is 50.7 Å². The van der Waals surface area contributed by atoms with Crippen LogP contribution in [0, 0.1) is 0 Å². The van der Waals surface area contributed by atoms with Crippen molar-refractivity contribution in [2.75, 3.05) is 13.1 Å². The number of hydrogen-bond donors (Lipinski definition) is 0. The highest BCUT2D eigenvalue weighted by atomic mass is 16.5. The highest BCUT2D eigenvalue weighted by Crippen LogP contribution is 2.37. The number of likely N-dealkylation sites (tertiary alicyclic amines) is 1. The Bertz CT molecular complexity index is 644. The minimum atomic E-state index is 0.0596. The second-order valence-electron chi connectivity index (χ2n) is 7.77. The van der Waals surface area contributed by atoms with Crippen molar-refractivity contribution in [3.05, 3.63) is 30.1 Å². The van der Waals surface area contributed by atoms with Crippen LogP contribution >= 0.6 is 0 Å².